The Labute approximate surface area is 122 Å². The van der Waals surface area contributed by atoms with E-state index < -0.39 is 12.0 Å². The van der Waals surface area contributed by atoms with Crippen LogP contribution < -0.4 is 10.6 Å². The molecule has 1 aliphatic carbocycles. The molecule has 1 aliphatic heterocycles. The Kier molecular flexibility index (Phi) is 5.38. The van der Waals surface area contributed by atoms with Crippen LogP contribution in [-0.4, -0.2) is 66.3 Å². The summed E-state index contributed by atoms with van der Waals surface area (Å²) in [6, 6.07) is -0.493. The maximum absolute atomic E-state index is 12.0. The lowest BCUT2D eigenvalue weighted by atomic mass is 10.1. The van der Waals surface area contributed by atoms with Crippen LogP contribution in [0.3, 0.4) is 0 Å². The zero-order chi connectivity index (χ0) is 15.2. The summed E-state index contributed by atoms with van der Waals surface area (Å²) in [5.41, 5.74) is 0. The van der Waals surface area contributed by atoms with Crippen molar-refractivity contribution in [2.24, 2.45) is 0 Å². The number of urea groups is 1. The number of carboxylic acid groups (broad SMARTS) is 1. The number of carbonyl (C=O) groups is 3. The molecule has 8 nitrogen and oxygen atoms in total. The number of nitrogens with zero attached hydrogens (tertiary/aromatic N) is 1. The van der Waals surface area contributed by atoms with Crippen LogP contribution in [0.25, 0.3) is 0 Å². The lowest BCUT2D eigenvalue weighted by molar-refractivity contribution is -0.139. The Morgan fingerprint density at radius 1 is 1.29 bits per heavy atom. The van der Waals surface area contributed by atoms with Gasteiger partial charge in [0.15, 0.2) is 0 Å². The molecule has 1 saturated heterocycles. The van der Waals surface area contributed by atoms with Gasteiger partial charge in [0.25, 0.3) is 0 Å². The van der Waals surface area contributed by atoms with E-state index in [-0.39, 0.29) is 37.9 Å². The minimum absolute atomic E-state index is 0.0677. The summed E-state index contributed by atoms with van der Waals surface area (Å²) in [6.45, 7) is 1.22. The standard InChI is InChI=1S/C13H21N3O5/c17-11(15-9-1-2-9)3-4-14-13(20)16-5-6-21-8-10(16)7-12(18)19/h9-10H,1-8H2,(H,14,20)(H,15,17)(H,18,19). The van der Waals surface area contributed by atoms with Crippen molar-refractivity contribution in [1.29, 1.82) is 0 Å². The predicted molar refractivity (Wildman–Crippen MR) is 72.7 cm³/mol. The molecule has 0 radical (unpaired) electrons. The van der Waals surface area contributed by atoms with Gasteiger partial charge in [0, 0.05) is 25.6 Å². The summed E-state index contributed by atoms with van der Waals surface area (Å²) < 4.78 is 5.21. The molecule has 8 heteroatoms. The molecule has 2 fully saturated rings. The fraction of sp³-hybridized carbons (Fsp3) is 0.769. The van der Waals surface area contributed by atoms with E-state index in [1.165, 1.54) is 4.90 Å². The number of ether oxygens (including phenoxy) is 1. The number of amides is 3. The van der Waals surface area contributed by atoms with Crippen LogP contribution in [0.2, 0.25) is 0 Å². The van der Waals surface area contributed by atoms with Gasteiger partial charge in [-0.2, -0.15) is 0 Å². The highest BCUT2D eigenvalue weighted by Crippen LogP contribution is 2.18. The van der Waals surface area contributed by atoms with E-state index in [9.17, 15) is 14.4 Å². The van der Waals surface area contributed by atoms with E-state index >= 15 is 0 Å². The highest BCUT2D eigenvalue weighted by Gasteiger charge is 2.29. The van der Waals surface area contributed by atoms with E-state index in [0.717, 1.165) is 12.8 Å². The Morgan fingerprint density at radius 2 is 2.05 bits per heavy atom. The third-order valence-corrected chi connectivity index (χ3v) is 3.47. The van der Waals surface area contributed by atoms with Crippen LogP contribution in [0.15, 0.2) is 0 Å². The van der Waals surface area contributed by atoms with Gasteiger partial charge in [-0.3, -0.25) is 9.59 Å². The summed E-state index contributed by atoms with van der Waals surface area (Å²) in [5, 5.41) is 14.3. The lowest BCUT2D eigenvalue weighted by Crippen LogP contribution is -2.53. The van der Waals surface area contributed by atoms with Gasteiger partial charge in [-0.1, -0.05) is 0 Å². The number of nitrogens with one attached hydrogen (secondary N) is 2. The van der Waals surface area contributed by atoms with Crippen LogP contribution >= 0.6 is 0 Å². The molecule has 1 unspecified atom stereocenters. The minimum Gasteiger partial charge on any atom is -0.481 e. The average Bonchev–Trinajstić information content (AvgIpc) is 3.22. The molecule has 0 spiro atoms. The van der Waals surface area contributed by atoms with E-state index in [4.69, 9.17) is 9.84 Å². The first-order chi connectivity index (χ1) is 10.1. The van der Waals surface area contributed by atoms with E-state index in [1.54, 1.807) is 0 Å². The lowest BCUT2D eigenvalue weighted by Gasteiger charge is -2.34. The Balaban J connectivity index is 1.71. The Bertz CT molecular complexity index is 411. The first-order valence-corrected chi connectivity index (χ1v) is 7.19. The van der Waals surface area contributed by atoms with E-state index in [1.807, 2.05) is 0 Å². The second kappa shape index (κ2) is 7.26. The van der Waals surface area contributed by atoms with Crippen LogP contribution in [0.5, 0.6) is 0 Å². The number of carbonyl (C=O) groups excluding carboxylic acids is 2. The Morgan fingerprint density at radius 3 is 2.71 bits per heavy atom. The number of carboxylic acids is 1. The zero-order valence-corrected chi connectivity index (χ0v) is 11.8. The molecule has 1 saturated carbocycles. The zero-order valence-electron chi connectivity index (χ0n) is 11.8. The van der Waals surface area contributed by atoms with Crippen molar-refractivity contribution in [3.05, 3.63) is 0 Å². The molecule has 2 rings (SSSR count). The summed E-state index contributed by atoms with van der Waals surface area (Å²) in [6.07, 6.45) is 2.15. The molecule has 118 valence electrons. The minimum atomic E-state index is -0.966. The summed E-state index contributed by atoms with van der Waals surface area (Å²) >= 11 is 0. The maximum Gasteiger partial charge on any atom is 0.317 e. The molecule has 3 amide bonds. The molecule has 0 bridgehead atoms. The van der Waals surface area contributed by atoms with Crippen molar-refractivity contribution in [2.45, 2.75) is 37.8 Å². The Hall–Kier alpha value is -1.83. The largest absolute Gasteiger partial charge is 0.481 e. The first-order valence-electron chi connectivity index (χ1n) is 7.19. The fourth-order valence-corrected chi connectivity index (χ4v) is 2.20. The van der Waals surface area contributed by atoms with Gasteiger partial charge in [-0.05, 0) is 12.8 Å². The van der Waals surface area contributed by atoms with Gasteiger partial charge >= 0.3 is 12.0 Å². The fourth-order valence-electron chi connectivity index (χ4n) is 2.20. The topological polar surface area (TPSA) is 108 Å². The average molecular weight is 299 g/mol. The first kappa shape index (κ1) is 15.6. The van der Waals surface area contributed by atoms with Crippen molar-refractivity contribution < 1.29 is 24.2 Å². The van der Waals surface area contributed by atoms with Gasteiger partial charge in [-0.15, -0.1) is 0 Å². The summed E-state index contributed by atoms with van der Waals surface area (Å²) in [4.78, 5) is 35.8. The highest BCUT2D eigenvalue weighted by molar-refractivity contribution is 5.79. The third-order valence-electron chi connectivity index (χ3n) is 3.47. The third kappa shape index (κ3) is 5.22. The van der Waals surface area contributed by atoms with Crippen LogP contribution in [-0.2, 0) is 14.3 Å². The number of rotatable bonds is 6. The molecule has 0 aromatic carbocycles. The number of hydrogen-bond donors (Lipinski definition) is 3. The van der Waals surface area contributed by atoms with Crippen molar-refractivity contribution in [3.8, 4) is 0 Å². The van der Waals surface area contributed by atoms with Gasteiger partial charge in [-0.25, -0.2) is 4.79 Å². The molecular weight excluding hydrogens is 278 g/mol. The second-order valence-corrected chi connectivity index (χ2v) is 5.34. The van der Waals surface area contributed by atoms with Crippen LogP contribution in [0.1, 0.15) is 25.7 Å². The summed E-state index contributed by atoms with van der Waals surface area (Å²) in [7, 11) is 0. The van der Waals surface area contributed by atoms with Gasteiger partial charge in [0.2, 0.25) is 5.91 Å². The van der Waals surface area contributed by atoms with E-state index in [0.29, 0.717) is 19.2 Å². The van der Waals surface area contributed by atoms with Crippen molar-refractivity contribution in [1.82, 2.24) is 15.5 Å². The monoisotopic (exact) mass is 299 g/mol. The number of morpholine rings is 1. The van der Waals surface area contributed by atoms with Crippen molar-refractivity contribution in [2.75, 3.05) is 26.3 Å². The van der Waals surface area contributed by atoms with Gasteiger partial charge < -0.3 is 25.4 Å². The van der Waals surface area contributed by atoms with Crippen LogP contribution in [0.4, 0.5) is 4.79 Å². The second-order valence-electron chi connectivity index (χ2n) is 5.34. The number of hydrogen-bond acceptors (Lipinski definition) is 4. The van der Waals surface area contributed by atoms with Crippen LogP contribution in [0, 0.1) is 0 Å². The summed E-state index contributed by atoms with van der Waals surface area (Å²) in [5.74, 6) is -1.03. The molecule has 1 atom stereocenters. The molecule has 21 heavy (non-hydrogen) atoms. The smallest absolute Gasteiger partial charge is 0.317 e. The molecule has 0 aromatic heterocycles. The molecule has 1 heterocycles. The molecule has 0 aromatic rings. The van der Waals surface area contributed by atoms with Crippen molar-refractivity contribution >= 4 is 17.9 Å². The maximum atomic E-state index is 12.0. The van der Waals surface area contributed by atoms with E-state index in [2.05, 4.69) is 10.6 Å². The van der Waals surface area contributed by atoms with Gasteiger partial charge in [0.1, 0.15) is 0 Å². The van der Waals surface area contributed by atoms with Crippen molar-refractivity contribution in [3.63, 3.8) is 0 Å². The van der Waals surface area contributed by atoms with Gasteiger partial charge in [0.05, 0.1) is 25.7 Å². The number of aliphatic carboxylic acids is 1. The quantitative estimate of drug-likeness (QED) is 0.615. The predicted octanol–water partition coefficient (Wildman–Crippen LogP) is -0.460. The normalized spacial score (nSPS) is 21.7. The molecule has 3 N–H and O–H groups in total. The molecule has 2 aliphatic rings. The SMILES string of the molecule is O=C(O)CC1COCCN1C(=O)NCCC(=O)NC1CC1. The molecular formula is C13H21N3O5. The highest BCUT2D eigenvalue weighted by atomic mass is 16.5.